The van der Waals surface area contributed by atoms with Gasteiger partial charge in [0.2, 0.25) is 0 Å². The SMILES string of the molecule is CCNC(=O)Nc1c(C/C=C(\C)CCC(=O)OCCN2CCCC2)c(OC)c(C)c2c1C(=O)OC2. The zero-order valence-electron chi connectivity index (χ0n) is 21.3. The molecule has 0 bridgehead atoms. The van der Waals surface area contributed by atoms with Gasteiger partial charge in [0.05, 0.1) is 18.4 Å². The van der Waals surface area contributed by atoms with Crippen molar-refractivity contribution in [3.05, 3.63) is 33.9 Å². The number of fused-ring (bicyclic) bond motifs is 1. The summed E-state index contributed by atoms with van der Waals surface area (Å²) in [7, 11) is 1.57. The van der Waals surface area contributed by atoms with Crippen molar-refractivity contribution in [2.75, 3.05) is 45.2 Å². The molecule has 35 heavy (non-hydrogen) atoms. The third-order valence-electron chi connectivity index (χ3n) is 6.50. The van der Waals surface area contributed by atoms with Gasteiger partial charge >= 0.3 is 18.0 Å². The maximum absolute atomic E-state index is 12.5. The summed E-state index contributed by atoms with van der Waals surface area (Å²) in [5.41, 5.74) is 4.02. The van der Waals surface area contributed by atoms with E-state index in [0.717, 1.165) is 36.3 Å². The number of carbonyl (C=O) groups is 3. The van der Waals surface area contributed by atoms with Crippen LogP contribution in [0.3, 0.4) is 0 Å². The lowest BCUT2D eigenvalue weighted by Gasteiger charge is -2.20. The number of esters is 2. The second-order valence-corrected chi connectivity index (χ2v) is 8.95. The Morgan fingerprint density at radius 1 is 1.20 bits per heavy atom. The molecule has 2 heterocycles. The fourth-order valence-electron chi connectivity index (χ4n) is 4.55. The van der Waals surface area contributed by atoms with Crippen molar-refractivity contribution in [3.63, 3.8) is 0 Å². The second-order valence-electron chi connectivity index (χ2n) is 8.95. The first kappa shape index (κ1) is 26.5. The molecule has 0 aromatic heterocycles. The Morgan fingerprint density at radius 2 is 1.94 bits per heavy atom. The number of urea groups is 1. The first-order valence-electron chi connectivity index (χ1n) is 12.3. The maximum Gasteiger partial charge on any atom is 0.341 e. The summed E-state index contributed by atoms with van der Waals surface area (Å²) in [5, 5.41) is 5.52. The number of nitrogens with zero attached hydrogens (tertiary/aromatic N) is 1. The van der Waals surface area contributed by atoms with E-state index in [2.05, 4.69) is 15.5 Å². The summed E-state index contributed by atoms with van der Waals surface area (Å²) in [6, 6.07) is -0.404. The molecule has 192 valence electrons. The standard InChI is InChI=1S/C26H37N3O6/c1-5-27-26(32)28-23-19(24(33-4)18(3)20-16-35-25(31)22(20)23)10-8-17(2)9-11-21(30)34-15-14-29-12-6-7-13-29/h8H,5-7,9-16H2,1-4H3,(H2,27,28,32)/b17-8+. The normalized spacial score (nSPS) is 15.5. The Bertz CT molecular complexity index is 982. The molecule has 1 saturated heterocycles. The smallest absolute Gasteiger partial charge is 0.341 e. The fraction of sp³-hybridized carbons (Fsp3) is 0.577. The van der Waals surface area contributed by atoms with Crippen molar-refractivity contribution in [2.24, 2.45) is 0 Å². The van der Waals surface area contributed by atoms with Crippen LogP contribution in [-0.2, 0) is 27.3 Å². The Balaban J connectivity index is 1.70. The molecule has 0 aliphatic carbocycles. The molecule has 0 spiro atoms. The number of rotatable bonds is 11. The van der Waals surface area contributed by atoms with E-state index in [9.17, 15) is 14.4 Å². The first-order valence-corrected chi connectivity index (χ1v) is 12.3. The van der Waals surface area contributed by atoms with Crippen LogP contribution >= 0.6 is 0 Å². The molecule has 3 rings (SSSR count). The van der Waals surface area contributed by atoms with Crippen LogP contribution in [0.2, 0.25) is 0 Å². The Labute approximate surface area is 207 Å². The molecule has 9 nitrogen and oxygen atoms in total. The van der Waals surface area contributed by atoms with Gasteiger partial charge in [-0.05, 0) is 65.1 Å². The predicted molar refractivity (Wildman–Crippen MR) is 133 cm³/mol. The molecule has 2 amide bonds. The second kappa shape index (κ2) is 12.6. The molecule has 0 saturated carbocycles. The van der Waals surface area contributed by atoms with Gasteiger partial charge in [-0.15, -0.1) is 0 Å². The molecule has 2 aliphatic heterocycles. The molecule has 1 aromatic rings. The lowest BCUT2D eigenvalue weighted by Crippen LogP contribution is -2.29. The van der Waals surface area contributed by atoms with Gasteiger partial charge in [-0.2, -0.15) is 0 Å². The van der Waals surface area contributed by atoms with Crippen LogP contribution in [0.5, 0.6) is 5.75 Å². The van der Waals surface area contributed by atoms with Crippen LogP contribution in [-0.4, -0.2) is 62.8 Å². The van der Waals surface area contributed by atoms with E-state index in [0.29, 0.717) is 55.0 Å². The van der Waals surface area contributed by atoms with Gasteiger partial charge in [0.1, 0.15) is 19.0 Å². The highest BCUT2D eigenvalue weighted by Crippen LogP contribution is 2.41. The van der Waals surface area contributed by atoms with Gasteiger partial charge < -0.3 is 24.8 Å². The minimum absolute atomic E-state index is 0.148. The molecule has 2 aliphatic rings. The fourth-order valence-corrected chi connectivity index (χ4v) is 4.55. The Morgan fingerprint density at radius 3 is 2.63 bits per heavy atom. The van der Waals surface area contributed by atoms with Crippen LogP contribution in [0.4, 0.5) is 10.5 Å². The number of methoxy groups -OCH3 is 1. The zero-order valence-corrected chi connectivity index (χ0v) is 21.3. The van der Waals surface area contributed by atoms with Crippen LogP contribution < -0.4 is 15.4 Å². The van der Waals surface area contributed by atoms with Crippen LogP contribution in [0.15, 0.2) is 11.6 Å². The van der Waals surface area contributed by atoms with Crippen molar-refractivity contribution < 1.29 is 28.6 Å². The minimum atomic E-state index is -0.462. The summed E-state index contributed by atoms with van der Waals surface area (Å²) in [4.78, 5) is 39.3. The van der Waals surface area contributed by atoms with Gasteiger partial charge in [0, 0.05) is 30.6 Å². The first-order chi connectivity index (χ1) is 16.8. The summed E-state index contributed by atoms with van der Waals surface area (Å²) in [6.07, 6.45) is 5.71. The molecule has 0 atom stereocenters. The molecule has 0 unspecified atom stereocenters. The summed E-state index contributed by atoms with van der Waals surface area (Å²) < 4.78 is 16.3. The van der Waals surface area contributed by atoms with Crippen molar-refractivity contribution in [1.82, 2.24) is 10.2 Å². The van der Waals surface area contributed by atoms with Gasteiger partial charge in [-0.3, -0.25) is 9.69 Å². The molecular formula is C26H37N3O6. The number of anilines is 1. The Kier molecular flexibility index (Phi) is 9.54. The van der Waals surface area contributed by atoms with Crippen LogP contribution in [0.1, 0.15) is 66.6 Å². The number of hydrogen-bond donors (Lipinski definition) is 2. The van der Waals surface area contributed by atoms with Crippen LogP contribution in [0, 0.1) is 6.92 Å². The van der Waals surface area contributed by atoms with Crippen molar-refractivity contribution in [1.29, 1.82) is 0 Å². The molecular weight excluding hydrogens is 450 g/mol. The monoisotopic (exact) mass is 487 g/mol. The van der Waals surface area contributed by atoms with Crippen molar-refractivity contribution in [2.45, 2.75) is 59.5 Å². The maximum atomic E-state index is 12.5. The van der Waals surface area contributed by atoms with Gasteiger partial charge in [-0.25, -0.2) is 9.59 Å². The number of benzene rings is 1. The molecule has 0 radical (unpaired) electrons. The number of carbonyl (C=O) groups excluding carboxylic acids is 3. The molecule has 2 N–H and O–H groups in total. The van der Waals surface area contributed by atoms with E-state index in [1.165, 1.54) is 12.8 Å². The lowest BCUT2D eigenvalue weighted by molar-refractivity contribution is -0.143. The van der Waals surface area contributed by atoms with E-state index in [4.69, 9.17) is 14.2 Å². The molecule has 9 heteroatoms. The number of likely N-dealkylation sites (tertiary alicyclic amines) is 1. The summed E-state index contributed by atoms with van der Waals surface area (Å²) >= 11 is 0. The minimum Gasteiger partial charge on any atom is -0.496 e. The van der Waals surface area contributed by atoms with Crippen molar-refractivity contribution >= 4 is 23.7 Å². The lowest BCUT2D eigenvalue weighted by atomic mass is 9.93. The van der Waals surface area contributed by atoms with E-state index < -0.39 is 12.0 Å². The number of amides is 2. The van der Waals surface area contributed by atoms with Gasteiger partial charge in [0.15, 0.2) is 0 Å². The average molecular weight is 488 g/mol. The van der Waals surface area contributed by atoms with Crippen molar-refractivity contribution in [3.8, 4) is 5.75 Å². The van der Waals surface area contributed by atoms with Gasteiger partial charge in [0.25, 0.3) is 0 Å². The topological polar surface area (TPSA) is 106 Å². The number of hydrogen-bond acceptors (Lipinski definition) is 7. The average Bonchev–Trinajstić information content (AvgIpc) is 3.48. The third-order valence-corrected chi connectivity index (χ3v) is 6.50. The van der Waals surface area contributed by atoms with E-state index in [-0.39, 0.29) is 12.6 Å². The van der Waals surface area contributed by atoms with E-state index >= 15 is 0 Å². The highest BCUT2D eigenvalue weighted by molar-refractivity contribution is 6.05. The summed E-state index contributed by atoms with van der Waals surface area (Å²) in [5.74, 6) is -0.0559. The summed E-state index contributed by atoms with van der Waals surface area (Å²) in [6.45, 7) is 9.64. The highest BCUT2D eigenvalue weighted by Gasteiger charge is 2.32. The zero-order chi connectivity index (χ0) is 25.4. The third kappa shape index (κ3) is 6.75. The van der Waals surface area contributed by atoms with Gasteiger partial charge in [-0.1, -0.05) is 11.6 Å². The Hall–Kier alpha value is -3.07. The number of cyclic esters (lactones) is 1. The molecule has 1 fully saturated rings. The molecule has 1 aromatic carbocycles. The highest BCUT2D eigenvalue weighted by atomic mass is 16.5. The predicted octanol–water partition coefficient (Wildman–Crippen LogP) is 3.72. The number of nitrogens with one attached hydrogen (secondary N) is 2. The quantitative estimate of drug-likeness (QED) is 0.362. The van der Waals surface area contributed by atoms with E-state index in [1.807, 2.05) is 26.8 Å². The number of allylic oxidation sites excluding steroid dienone is 2. The largest absolute Gasteiger partial charge is 0.496 e. The van der Waals surface area contributed by atoms with E-state index in [1.54, 1.807) is 7.11 Å². The van der Waals surface area contributed by atoms with Crippen LogP contribution in [0.25, 0.3) is 0 Å². The number of ether oxygens (including phenoxy) is 3.